The van der Waals surface area contributed by atoms with E-state index in [4.69, 9.17) is 9.47 Å². The van der Waals surface area contributed by atoms with Crippen LogP contribution >= 0.6 is 23.5 Å². The van der Waals surface area contributed by atoms with E-state index in [-0.39, 0.29) is 18.1 Å². The Bertz CT molecular complexity index is 3350. The van der Waals surface area contributed by atoms with Crippen LogP contribution in [0.25, 0.3) is 10.9 Å². The Labute approximate surface area is 519 Å². The van der Waals surface area contributed by atoms with Gasteiger partial charge in [0.25, 0.3) is 0 Å². The molecule has 5 atom stereocenters. The number of aromatic nitrogens is 1. The van der Waals surface area contributed by atoms with E-state index in [0.29, 0.717) is 28.6 Å². The van der Waals surface area contributed by atoms with Crippen LogP contribution in [0.5, 0.6) is 0 Å². The van der Waals surface area contributed by atoms with Gasteiger partial charge in [0.15, 0.2) is 0 Å². The molecule has 0 radical (unpaired) electrons. The fraction of sp³-hybridized carbons (Fsp3) is 0.292. The minimum Gasteiger partial charge on any atom is -0.469 e. The molecule has 0 saturated carbocycles. The van der Waals surface area contributed by atoms with Crippen molar-refractivity contribution in [2.45, 2.75) is 106 Å². The number of amides is 3. The number of aliphatic hydroxyl groups is 2. The third-order valence-electron chi connectivity index (χ3n) is 15.0. The number of methoxy groups -OCH3 is 1. The Kier molecular flexibility index (Phi) is 22.7. The fourth-order valence-corrected chi connectivity index (χ4v) is 13.9. The molecule has 8 aromatic rings. The predicted octanol–water partition coefficient (Wildman–Crippen LogP) is 12.1. The van der Waals surface area contributed by atoms with E-state index in [1.54, 1.807) is 76.9 Å². The molecule has 0 unspecified atom stereocenters. The van der Waals surface area contributed by atoms with Crippen molar-refractivity contribution >= 4 is 64.2 Å². The summed E-state index contributed by atoms with van der Waals surface area (Å²) < 4.78 is 10.6. The van der Waals surface area contributed by atoms with Gasteiger partial charge in [-0.05, 0) is 83.9 Å². The number of carbonyl (C=O) groups is 5. The minimum atomic E-state index is -1.38. The summed E-state index contributed by atoms with van der Waals surface area (Å²) in [5.41, 5.74) is 6.29. The molecule has 452 valence electrons. The molecule has 0 aliphatic carbocycles. The fourth-order valence-electron chi connectivity index (χ4n) is 10.9. The van der Waals surface area contributed by atoms with E-state index in [1.165, 1.54) is 23.4 Å². The Morgan fingerprint density at radius 2 is 1.00 bits per heavy atom. The topological polar surface area (TPSA) is 185 Å². The molecule has 1 heterocycles. The highest BCUT2D eigenvalue weighted by molar-refractivity contribution is 8.00. The monoisotopic (exact) mass is 1210 g/mol. The van der Waals surface area contributed by atoms with Gasteiger partial charge in [0.2, 0.25) is 17.7 Å². The molecule has 15 heteroatoms. The van der Waals surface area contributed by atoms with E-state index >= 15 is 9.59 Å². The molecule has 0 aliphatic rings. The number of fused-ring (bicyclic) bond motifs is 1. The zero-order chi connectivity index (χ0) is 62.0. The van der Waals surface area contributed by atoms with Gasteiger partial charge in [0.05, 0.1) is 53.2 Å². The third kappa shape index (κ3) is 16.5. The molecule has 1 aromatic heterocycles. The SMILES string of the molecule is COC(=O)C[C@H](O)[C@H](NC(=O)[C@@H](CSC(c1ccccc1)(c1ccccc1)c1ccccc1)NC(=O)[C@@H](Cc1cn(C(=O)OC(C)(C)C)c2ccccc12)NC(=O)C[C@H](O)C=CCCSC(c1ccccc1)(c1ccccc1)c1ccccc1)C(C)C. The van der Waals surface area contributed by atoms with Gasteiger partial charge < -0.3 is 35.6 Å². The van der Waals surface area contributed by atoms with Gasteiger partial charge in [0, 0.05) is 23.8 Å². The summed E-state index contributed by atoms with van der Waals surface area (Å²) in [6.07, 6.45) is 1.42. The summed E-state index contributed by atoms with van der Waals surface area (Å²) in [5, 5.41) is 32.5. The number of rotatable bonds is 27. The van der Waals surface area contributed by atoms with Crippen LogP contribution in [0, 0.1) is 5.92 Å². The molecule has 0 fully saturated rings. The van der Waals surface area contributed by atoms with E-state index in [2.05, 4.69) is 52.3 Å². The number of hydrogen-bond acceptors (Lipinski definition) is 11. The number of benzene rings is 7. The highest BCUT2D eigenvalue weighted by atomic mass is 32.2. The molecule has 3 amide bonds. The normalized spacial score (nSPS) is 13.7. The largest absolute Gasteiger partial charge is 0.469 e. The summed E-state index contributed by atoms with van der Waals surface area (Å²) in [6.45, 7) is 8.90. The molecule has 87 heavy (non-hydrogen) atoms. The second-order valence-electron chi connectivity index (χ2n) is 22.7. The van der Waals surface area contributed by atoms with Crippen molar-refractivity contribution in [3.05, 3.63) is 264 Å². The van der Waals surface area contributed by atoms with Crippen molar-refractivity contribution in [3.8, 4) is 0 Å². The number of aliphatic hydroxyl groups excluding tert-OH is 2. The molecule has 0 spiro atoms. The highest BCUT2D eigenvalue weighted by Crippen LogP contribution is 2.50. The van der Waals surface area contributed by atoms with Gasteiger partial charge >= 0.3 is 12.1 Å². The number of carbonyl (C=O) groups excluding carboxylic acids is 5. The molecular weight excluding hydrogens is 1130 g/mol. The standard InChI is InChI=1S/C72H78N4O9S2/c1-50(2)66(63(78)47-65(80)84-6)75-68(82)61(49-87-72(55-35-19-10-20-36-55,56-37-21-11-22-38-56)57-39-23-12-24-40-57)74-67(81)60(45-51-48-76(69(83)85-70(3,4)5)62-43-26-25-42-59(51)62)73-64(79)46-58(77)41-27-28-44-86-71(52-29-13-7-14-30-52,53-31-15-8-16-32-53)54-33-17-9-18-34-54/h7-27,29-43,48,50,58,60-61,63,66,77-78H,28,44-47,49H2,1-6H3,(H,73,79)(H,74,81)(H,75,82)/t58-,60-,61-,63+,66-/m1/s1. The van der Waals surface area contributed by atoms with Crippen molar-refractivity contribution in [3.63, 3.8) is 0 Å². The van der Waals surface area contributed by atoms with Crippen molar-refractivity contribution in [1.82, 2.24) is 20.5 Å². The number of ether oxygens (including phenoxy) is 2. The van der Waals surface area contributed by atoms with Gasteiger partial charge in [-0.2, -0.15) is 0 Å². The molecule has 7 aromatic carbocycles. The van der Waals surface area contributed by atoms with E-state index in [0.717, 1.165) is 33.4 Å². The van der Waals surface area contributed by atoms with Gasteiger partial charge in [-0.15, -0.1) is 23.5 Å². The lowest BCUT2D eigenvalue weighted by molar-refractivity contribution is -0.144. The van der Waals surface area contributed by atoms with Crippen molar-refractivity contribution in [2.24, 2.45) is 5.92 Å². The van der Waals surface area contributed by atoms with Gasteiger partial charge in [-0.3, -0.25) is 23.7 Å². The quantitative estimate of drug-likeness (QED) is 0.0143. The van der Waals surface area contributed by atoms with Crippen LogP contribution < -0.4 is 16.0 Å². The number of hydrogen-bond donors (Lipinski definition) is 5. The van der Waals surface area contributed by atoms with Crippen LogP contribution in [0.15, 0.2) is 225 Å². The molecule has 0 aliphatic heterocycles. The summed E-state index contributed by atoms with van der Waals surface area (Å²) in [7, 11) is 1.22. The second-order valence-corrected chi connectivity index (χ2v) is 25.3. The van der Waals surface area contributed by atoms with Gasteiger partial charge in [-0.25, -0.2) is 4.79 Å². The van der Waals surface area contributed by atoms with Crippen LogP contribution in [0.4, 0.5) is 4.79 Å². The summed E-state index contributed by atoms with van der Waals surface area (Å²) in [6, 6.07) is 64.3. The Hall–Kier alpha value is -8.21. The van der Waals surface area contributed by atoms with Gasteiger partial charge in [0.1, 0.15) is 17.7 Å². The number of nitrogens with zero attached hydrogens (tertiary/aromatic N) is 1. The summed E-state index contributed by atoms with van der Waals surface area (Å²) in [5.74, 6) is -2.47. The lowest BCUT2D eigenvalue weighted by Crippen LogP contribution is -2.58. The number of esters is 1. The molecule has 13 nitrogen and oxygen atoms in total. The minimum absolute atomic E-state index is 0.0439. The molecule has 5 N–H and O–H groups in total. The maximum absolute atomic E-state index is 15.5. The predicted molar refractivity (Wildman–Crippen MR) is 348 cm³/mol. The van der Waals surface area contributed by atoms with Crippen LogP contribution in [-0.4, -0.2) is 99.1 Å². The lowest BCUT2D eigenvalue weighted by atomic mass is 9.84. The number of allylic oxidation sites excluding steroid dienone is 1. The van der Waals surface area contributed by atoms with E-state index in [9.17, 15) is 24.6 Å². The van der Waals surface area contributed by atoms with E-state index < -0.39 is 88.1 Å². The average molecular weight is 1210 g/mol. The third-order valence-corrected chi connectivity index (χ3v) is 18.3. The number of nitrogens with one attached hydrogen (secondary N) is 3. The first-order valence-electron chi connectivity index (χ1n) is 29.4. The maximum atomic E-state index is 15.5. The van der Waals surface area contributed by atoms with Crippen LogP contribution in [0.1, 0.15) is 92.8 Å². The maximum Gasteiger partial charge on any atom is 0.419 e. The average Bonchev–Trinajstić information content (AvgIpc) is 1.43. The van der Waals surface area contributed by atoms with E-state index in [1.807, 2.05) is 158 Å². The van der Waals surface area contributed by atoms with Gasteiger partial charge in [-0.1, -0.05) is 226 Å². The first-order chi connectivity index (χ1) is 41.9. The van der Waals surface area contributed by atoms with Crippen molar-refractivity contribution in [1.29, 1.82) is 0 Å². The first kappa shape index (κ1) is 64.8. The van der Waals surface area contributed by atoms with Crippen molar-refractivity contribution < 1.29 is 43.7 Å². The Balaban J connectivity index is 1.11. The summed E-state index contributed by atoms with van der Waals surface area (Å²) >= 11 is 3.21. The Morgan fingerprint density at radius 1 is 0.563 bits per heavy atom. The van der Waals surface area contributed by atoms with Crippen LogP contribution in [0.2, 0.25) is 0 Å². The zero-order valence-electron chi connectivity index (χ0n) is 50.1. The molecule has 0 saturated heterocycles. The number of para-hydroxylation sites is 1. The summed E-state index contributed by atoms with van der Waals surface area (Å²) in [4.78, 5) is 71.3. The van der Waals surface area contributed by atoms with Crippen LogP contribution in [0.3, 0.4) is 0 Å². The lowest BCUT2D eigenvalue weighted by Gasteiger charge is -2.37. The Morgan fingerprint density at radius 3 is 1.45 bits per heavy atom. The number of thioether (sulfide) groups is 2. The molecule has 8 rings (SSSR count). The second kappa shape index (κ2) is 30.4. The van der Waals surface area contributed by atoms with Crippen molar-refractivity contribution in [2.75, 3.05) is 18.6 Å². The highest BCUT2D eigenvalue weighted by Gasteiger charge is 2.41. The molecular formula is C72H78N4O9S2. The van der Waals surface area contributed by atoms with Crippen LogP contribution in [-0.2, 0) is 44.6 Å². The molecule has 0 bridgehead atoms. The zero-order valence-corrected chi connectivity index (χ0v) is 51.7. The smallest absolute Gasteiger partial charge is 0.419 e. The first-order valence-corrected chi connectivity index (χ1v) is 31.3.